The molecule has 0 bridgehead atoms. The van der Waals surface area contributed by atoms with Crippen molar-refractivity contribution in [3.63, 3.8) is 0 Å². The highest BCUT2D eigenvalue weighted by Crippen LogP contribution is 1.93. The molecule has 72 valence electrons. The summed E-state index contributed by atoms with van der Waals surface area (Å²) in [6.45, 7) is 3.77. The van der Waals surface area contributed by atoms with E-state index < -0.39 is 0 Å². The molecule has 12 heavy (non-hydrogen) atoms. The van der Waals surface area contributed by atoms with Crippen molar-refractivity contribution in [3.05, 3.63) is 0 Å². The maximum atomic E-state index is 10.9. The first-order valence-electron chi connectivity index (χ1n) is 4.39. The minimum Gasteiger partial charge on any atom is -0.381 e. The molecular weight excluding hydrogens is 156 g/mol. The lowest BCUT2D eigenvalue weighted by atomic mass is 10.2. The van der Waals surface area contributed by atoms with E-state index in [-0.39, 0.29) is 12.4 Å². The summed E-state index contributed by atoms with van der Waals surface area (Å²) in [5.74, 6) is 0.151. The van der Waals surface area contributed by atoms with Gasteiger partial charge in [0.1, 0.15) is 6.61 Å². The maximum absolute atomic E-state index is 10.9. The Kier molecular flexibility index (Phi) is 8.39. The zero-order chi connectivity index (χ0) is 9.23. The van der Waals surface area contributed by atoms with Crippen LogP contribution in [-0.2, 0) is 14.3 Å². The molecule has 0 radical (unpaired) electrons. The molecule has 0 saturated carbocycles. The third-order valence-corrected chi connectivity index (χ3v) is 1.40. The Labute approximate surface area is 74.0 Å². The number of carbonyl (C=O) groups excluding carboxylic acids is 1. The van der Waals surface area contributed by atoms with Gasteiger partial charge in [0.2, 0.25) is 0 Å². The molecule has 0 fully saturated rings. The first-order valence-corrected chi connectivity index (χ1v) is 4.39. The van der Waals surface area contributed by atoms with Crippen LogP contribution >= 0.6 is 0 Å². The average molecular weight is 174 g/mol. The first-order chi connectivity index (χ1) is 5.81. The summed E-state index contributed by atoms with van der Waals surface area (Å²) in [5.41, 5.74) is 0. The number of hydrogen-bond acceptors (Lipinski definition) is 3. The van der Waals surface area contributed by atoms with Gasteiger partial charge in [0, 0.05) is 26.7 Å². The number of Topliss-reactive ketones (excluding diaryl/α,β-unsaturated/α-hetero) is 1. The SMILES string of the molecule is CCCOCCCC(=O)COC. The van der Waals surface area contributed by atoms with Gasteiger partial charge in [0.05, 0.1) is 0 Å². The Morgan fingerprint density at radius 2 is 2.08 bits per heavy atom. The van der Waals surface area contributed by atoms with Gasteiger partial charge in [-0.3, -0.25) is 4.79 Å². The van der Waals surface area contributed by atoms with Gasteiger partial charge in [0.15, 0.2) is 5.78 Å². The van der Waals surface area contributed by atoms with Crippen LogP contribution in [0.4, 0.5) is 0 Å². The Morgan fingerprint density at radius 3 is 2.67 bits per heavy atom. The van der Waals surface area contributed by atoms with Crippen molar-refractivity contribution in [2.24, 2.45) is 0 Å². The number of hydrogen-bond donors (Lipinski definition) is 0. The first kappa shape index (κ1) is 11.6. The van der Waals surface area contributed by atoms with Gasteiger partial charge in [-0.15, -0.1) is 0 Å². The summed E-state index contributed by atoms with van der Waals surface area (Å²) in [6.07, 6.45) is 2.41. The van der Waals surface area contributed by atoms with Crippen molar-refractivity contribution in [2.75, 3.05) is 26.9 Å². The van der Waals surface area contributed by atoms with Crippen LogP contribution in [0.1, 0.15) is 26.2 Å². The van der Waals surface area contributed by atoms with Crippen LogP contribution in [-0.4, -0.2) is 32.7 Å². The number of ketones is 1. The van der Waals surface area contributed by atoms with E-state index in [0.29, 0.717) is 13.0 Å². The van der Waals surface area contributed by atoms with Crippen LogP contribution in [0, 0.1) is 0 Å². The van der Waals surface area contributed by atoms with Crippen molar-refractivity contribution in [1.29, 1.82) is 0 Å². The molecule has 0 aromatic carbocycles. The van der Waals surface area contributed by atoms with E-state index in [1.807, 2.05) is 0 Å². The second kappa shape index (κ2) is 8.68. The van der Waals surface area contributed by atoms with Crippen molar-refractivity contribution < 1.29 is 14.3 Å². The largest absolute Gasteiger partial charge is 0.381 e. The van der Waals surface area contributed by atoms with Crippen molar-refractivity contribution in [2.45, 2.75) is 26.2 Å². The van der Waals surface area contributed by atoms with Crippen LogP contribution in [0.2, 0.25) is 0 Å². The van der Waals surface area contributed by atoms with Crippen LogP contribution in [0.3, 0.4) is 0 Å². The molecule has 0 aliphatic heterocycles. The van der Waals surface area contributed by atoms with E-state index in [2.05, 4.69) is 6.92 Å². The monoisotopic (exact) mass is 174 g/mol. The summed E-state index contributed by atoms with van der Waals surface area (Å²) in [4.78, 5) is 10.9. The zero-order valence-corrected chi connectivity index (χ0v) is 7.97. The summed E-state index contributed by atoms with van der Waals surface area (Å²) in [6, 6.07) is 0. The van der Waals surface area contributed by atoms with E-state index in [4.69, 9.17) is 9.47 Å². The molecule has 0 aliphatic rings. The molecule has 3 heteroatoms. The fourth-order valence-electron chi connectivity index (χ4n) is 0.851. The molecule has 0 N–H and O–H groups in total. The molecule has 0 saturated heterocycles. The van der Waals surface area contributed by atoms with E-state index >= 15 is 0 Å². The van der Waals surface area contributed by atoms with Crippen LogP contribution < -0.4 is 0 Å². The molecule has 3 nitrogen and oxygen atoms in total. The van der Waals surface area contributed by atoms with Gasteiger partial charge >= 0.3 is 0 Å². The maximum Gasteiger partial charge on any atom is 0.158 e. The Bertz CT molecular complexity index is 112. The predicted molar refractivity (Wildman–Crippen MR) is 47.2 cm³/mol. The summed E-state index contributed by atoms with van der Waals surface area (Å²) in [5, 5.41) is 0. The van der Waals surface area contributed by atoms with Gasteiger partial charge in [-0.25, -0.2) is 0 Å². The molecule has 0 heterocycles. The topological polar surface area (TPSA) is 35.5 Å². The highest BCUT2D eigenvalue weighted by Gasteiger charge is 1.99. The van der Waals surface area contributed by atoms with Crippen LogP contribution in [0.15, 0.2) is 0 Å². The fourth-order valence-corrected chi connectivity index (χ4v) is 0.851. The van der Waals surface area contributed by atoms with E-state index in [1.54, 1.807) is 0 Å². The lowest BCUT2D eigenvalue weighted by Crippen LogP contribution is -2.07. The smallest absolute Gasteiger partial charge is 0.158 e. The summed E-state index contributed by atoms with van der Waals surface area (Å²) in [7, 11) is 1.53. The Hall–Kier alpha value is -0.410. The molecule has 0 amide bonds. The summed E-state index contributed by atoms with van der Waals surface area (Å²) >= 11 is 0. The Morgan fingerprint density at radius 1 is 1.33 bits per heavy atom. The second-order valence-corrected chi connectivity index (χ2v) is 2.69. The van der Waals surface area contributed by atoms with Crippen molar-refractivity contribution in [1.82, 2.24) is 0 Å². The number of methoxy groups -OCH3 is 1. The number of rotatable bonds is 8. The zero-order valence-electron chi connectivity index (χ0n) is 7.97. The molecule has 0 aromatic heterocycles. The minimum atomic E-state index is 0.151. The third kappa shape index (κ3) is 7.69. The van der Waals surface area contributed by atoms with Gasteiger partial charge < -0.3 is 9.47 Å². The van der Waals surface area contributed by atoms with Gasteiger partial charge in [-0.2, -0.15) is 0 Å². The lowest BCUT2D eigenvalue weighted by molar-refractivity contribution is -0.122. The quantitative estimate of drug-likeness (QED) is 0.522. The molecule has 0 unspecified atom stereocenters. The molecule has 0 atom stereocenters. The highest BCUT2D eigenvalue weighted by atomic mass is 16.5. The van der Waals surface area contributed by atoms with E-state index in [9.17, 15) is 4.79 Å². The van der Waals surface area contributed by atoms with Crippen molar-refractivity contribution in [3.8, 4) is 0 Å². The highest BCUT2D eigenvalue weighted by molar-refractivity contribution is 5.79. The van der Waals surface area contributed by atoms with E-state index in [0.717, 1.165) is 19.4 Å². The predicted octanol–water partition coefficient (Wildman–Crippen LogP) is 1.41. The number of carbonyl (C=O) groups is 1. The number of ether oxygens (including phenoxy) is 2. The average Bonchev–Trinajstić information content (AvgIpc) is 2.05. The minimum absolute atomic E-state index is 0.151. The van der Waals surface area contributed by atoms with Crippen LogP contribution in [0.5, 0.6) is 0 Å². The fraction of sp³-hybridized carbons (Fsp3) is 0.889. The lowest BCUT2D eigenvalue weighted by Gasteiger charge is -2.01. The Balaban J connectivity index is 3.03. The molecule has 0 aromatic rings. The van der Waals surface area contributed by atoms with E-state index in [1.165, 1.54) is 7.11 Å². The second-order valence-electron chi connectivity index (χ2n) is 2.69. The molecule has 0 rings (SSSR count). The van der Waals surface area contributed by atoms with Gasteiger partial charge in [0.25, 0.3) is 0 Å². The molecular formula is C9H18O3. The molecule has 0 aliphatic carbocycles. The standard InChI is InChI=1S/C9H18O3/c1-3-6-12-7-4-5-9(10)8-11-2/h3-8H2,1-2H3. The van der Waals surface area contributed by atoms with Gasteiger partial charge in [-0.1, -0.05) is 6.92 Å². The normalized spacial score (nSPS) is 10.2. The van der Waals surface area contributed by atoms with Crippen LogP contribution in [0.25, 0.3) is 0 Å². The van der Waals surface area contributed by atoms with Gasteiger partial charge in [-0.05, 0) is 12.8 Å². The third-order valence-electron chi connectivity index (χ3n) is 1.40. The molecule has 0 spiro atoms. The summed E-state index contributed by atoms with van der Waals surface area (Å²) < 4.78 is 9.91. The van der Waals surface area contributed by atoms with Crippen molar-refractivity contribution >= 4 is 5.78 Å².